The van der Waals surface area contributed by atoms with Gasteiger partial charge in [-0.25, -0.2) is 9.18 Å². The summed E-state index contributed by atoms with van der Waals surface area (Å²) < 4.78 is 13.9. The number of aromatic nitrogens is 1. The van der Waals surface area contributed by atoms with Gasteiger partial charge >= 0.3 is 6.03 Å². The first-order valence-corrected chi connectivity index (χ1v) is 8.98. The van der Waals surface area contributed by atoms with Crippen molar-refractivity contribution in [1.29, 1.82) is 0 Å². The van der Waals surface area contributed by atoms with Gasteiger partial charge in [0.25, 0.3) is 0 Å². The van der Waals surface area contributed by atoms with Gasteiger partial charge in [0.05, 0.1) is 11.7 Å². The summed E-state index contributed by atoms with van der Waals surface area (Å²) in [7, 11) is 0. The number of carbonyl (C=O) groups is 1. The fourth-order valence-corrected chi connectivity index (χ4v) is 3.94. The highest BCUT2D eigenvalue weighted by molar-refractivity contribution is 5.91. The molecule has 1 aromatic heterocycles. The molecule has 0 saturated carbocycles. The van der Waals surface area contributed by atoms with Gasteiger partial charge in [-0.05, 0) is 36.1 Å². The minimum Gasteiger partial charge on any atom is -0.356 e. The SMILES string of the molecule is CC(C)C1c2[nH]c3ccccc3c2CCN1C(=O)Nc1ccccc1F. The Hall–Kier alpha value is -2.82. The topological polar surface area (TPSA) is 48.1 Å². The lowest BCUT2D eigenvalue weighted by atomic mass is 9.90. The molecule has 134 valence electrons. The molecule has 4 rings (SSSR count). The summed E-state index contributed by atoms with van der Waals surface area (Å²) in [4.78, 5) is 18.2. The lowest BCUT2D eigenvalue weighted by Gasteiger charge is -2.38. The van der Waals surface area contributed by atoms with Gasteiger partial charge in [-0.15, -0.1) is 0 Å². The number of aromatic amines is 1. The summed E-state index contributed by atoms with van der Waals surface area (Å²) in [6.07, 6.45) is 0.785. The molecular weight excluding hydrogens is 329 g/mol. The second kappa shape index (κ2) is 6.48. The third-order valence-electron chi connectivity index (χ3n) is 5.09. The number of anilines is 1. The van der Waals surface area contributed by atoms with Gasteiger partial charge in [-0.3, -0.25) is 0 Å². The Morgan fingerprint density at radius 2 is 1.92 bits per heavy atom. The van der Waals surface area contributed by atoms with Crippen LogP contribution in [0.15, 0.2) is 48.5 Å². The first-order chi connectivity index (χ1) is 12.6. The van der Waals surface area contributed by atoms with Crippen molar-refractivity contribution in [2.75, 3.05) is 11.9 Å². The highest BCUT2D eigenvalue weighted by atomic mass is 19.1. The van der Waals surface area contributed by atoms with Gasteiger partial charge in [0, 0.05) is 23.1 Å². The van der Waals surface area contributed by atoms with Crippen molar-refractivity contribution in [2.45, 2.75) is 26.3 Å². The van der Waals surface area contributed by atoms with Gasteiger partial charge in [0.1, 0.15) is 5.82 Å². The zero-order chi connectivity index (χ0) is 18.3. The molecular formula is C21H22FN3O. The molecule has 5 heteroatoms. The average molecular weight is 351 g/mol. The van der Waals surface area contributed by atoms with Crippen LogP contribution in [0.4, 0.5) is 14.9 Å². The number of urea groups is 1. The minimum atomic E-state index is -0.426. The van der Waals surface area contributed by atoms with Crippen molar-refractivity contribution in [3.05, 3.63) is 65.6 Å². The first-order valence-electron chi connectivity index (χ1n) is 8.98. The molecule has 2 aromatic carbocycles. The van der Waals surface area contributed by atoms with Crippen molar-refractivity contribution < 1.29 is 9.18 Å². The van der Waals surface area contributed by atoms with E-state index in [0.29, 0.717) is 6.54 Å². The fraction of sp³-hybridized carbons (Fsp3) is 0.286. The van der Waals surface area contributed by atoms with Crippen LogP contribution in [-0.4, -0.2) is 22.5 Å². The molecule has 0 saturated heterocycles. The molecule has 26 heavy (non-hydrogen) atoms. The Morgan fingerprint density at radius 3 is 2.69 bits per heavy atom. The second-order valence-corrected chi connectivity index (χ2v) is 7.11. The van der Waals surface area contributed by atoms with Crippen LogP contribution >= 0.6 is 0 Å². The van der Waals surface area contributed by atoms with E-state index in [1.165, 1.54) is 17.0 Å². The maximum Gasteiger partial charge on any atom is 0.322 e. The standard InChI is InChI=1S/C21H22FN3O/c1-13(2)20-19-15(14-7-3-5-9-17(14)23-19)11-12-25(20)21(26)24-18-10-6-4-8-16(18)22/h3-10,13,20,23H,11-12H2,1-2H3,(H,24,26). The van der Waals surface area contributed by atoms with E-state index in [9.17, 15) is 9.18 Å². The zero-order valence-corrected chi connectivity index (χ0v) is 14.9. The van der Waals surface area contributed by atoms with Crippen LogP contribution in [0, 0.1) is 11.7 Å². The molecule has 0 radical (unpaired) electrons. The molecule has 1 aliphatic heterocycles. The zero-order valence-electron chi connectivity index (χ0n) is 14.9. The van der Waals surface area contributed by atoms with Crippen molar-refractivity contribution in [3.8, 4) is 0 Å². The lowest BCUT2D eigenvalue weighted by Crippen LogP contribution is -2.44. The molecule has 1 atom stereocenters. The highest BCUT2D eigenvalue weighted by Gasteiger charge is 2.35. The molecule has 2 N–H and O–H groups in total. The monoisotopic (exact) mass is 351 g/mol. The normalized spacial score (nSPS) is 16.8. The van der Waals surface area contributed by atoms with Gasteiger partial charge in [-0.1, -0.05) is 44.2 Å². The van der Waals surface area contributed by atoms with E-state index in [1.54, 1.807) is 18.2 Å². The summed E-state index contributed by atoms with van der Waals surface area (Å²) in [6.45, 7) is 4.82. The number of benzene rings is 2. The summed E-state index contributed by atoms with van der Waals surface area (Å²) >= 11 is 0. The quantitative estimate of drug-likeness (QED) is 0.663. The van der Waals surface area contributed by atoms with Crippen molar-refractivity contribution >= 4 is 22.6 Å². The number of para-hydroxylation sites is 2. The summed E-state index contributed by atoms with van der Waals surface area (Å²) in [5.74, 6) is -0.196. The van der Waals surface area contributed by atoms with Crippen molar-refractivity contribution in [3.63, 3.8) is 0 Å². The van der Waals surface area contributed by atoms with E-state index < -0.39 is 5.82 Å². The highest BCUT2D eigenvalue weighted by Crippen LogP contribution is 2.38. The Labute approximate surface area is 152 Å². The predicted molar refractivity (Wildman–Crippen MR) is 102 cm³/mol. The van der Waals surface area contributed by atoms with Gasteiger partial charge in [0.15, 0.2) is 0 Å². The van der Waals surface area contributed by atoms with Crippen LogP contribution in [0.25, 0.3) is 10.9 Å². The number of nitrogens with one attached hydrogen (secondary N) is 2. The van der Waals surface area contributed by atoms with E-state index in [-0.39, 0.29) is 23.7 Å². The van der Waals surface area contributed by atoms with E-state index >= 15 is 0 Å². The molecule has 2 amide bonds. The number of carbonyl (C=O) groups excluding carboxylic acids is 1. The molecule has 3 aromatic rings. The minimum absolute atomic E-state index is 0.0714. The number of amides is 2. The summed E-state index contributed by atoms with van der Waals surface area (Å²) in [6, 6.07) is 14.2. The Morgan fingerprint density at radius 1 is 1.19 bits per heavy atom. The van der Waals surface area contributed by atoms with Crippen LogP contribution in [0.5, 0.6) is 0 Å². The average Bonchev–Trinajstić information content (AvgIpc) is 3.01. The third-order valence-corrected chi connectivity index (χ3v) is 5.09. The molecule has 1 aliphatic rings. The number of nitrogens with zero attached hydrogens (tertiary/aromatic N) is 1. The maximum absolute atomic E-state index is 13.9. The molecule has 4 nitrogen and oxygen atoms in total. The number of hydrogen-bond donors (Lipinski definition) is 2. The number of rotatable bonds is 2. The van der Waals surface area contributed by atoms with Crippen molar-refractivity contribution in [1.82, 2.24) is 9.88 Å². The second-order valence-electron chi connectivity index (χ2n) is 7.11. The number of H-pyrrole nitrogens is 1. The van der Waals surface area contributed by atoms with Crippen molar-refractivity contribution in [2.24, 2.45) is 5.92 Å². The van der Waals surface area contributed by atoms with E-state index in [4.69, 9.17) is 0 Å². The van der Waals surface area contributed by atoms with Gasteiger partial charge < -0.3 is 15.2 Å². The lowest BCUT2D eigenvalue weighted by molar-refractivity contribution is 0.158. The first kappa shape index (κ1) is 16.6. The summed E-state index contributed by atoms with van der Waals surface area (Å²) in [5, 5.41) is 3.95. The molecule has 2 heterocycles. The van der Waals surface area contributed by atoms with E-state index in [2.05, 4.69) is 36.3 Å². The van der Waals surface area contributed by atoms with Crippen LogP contribution in [-0.2, 0) is 6.42 Å². The van der Waals surface area contributed by atoms with Gasteiger partial charge in [-0.2, -0.15) is 0 Å². The smallest absolute Gasteiger partial charge is 0.322 e. The Balaban J connectivity index is 1.69. The number of fused-ring (bicyclic) bond motifs is 3. The van der Waals surface area contributed by atoms with Crippen LogP contribution < -0.4 is 5.32 Å². The molecule has 0 fully saturated rings. The third kappa shape index (κ3) is 2.73. The van der Waals surface area contributed by atoms with Crippen LogP contribution in [0.1, 0.15) is 31.1 Å². The summed E-state index contributed by atoms with van der Waals surface area (Å²) in [5.41, 5.74) is 3.69. The predicted octanol–water partition coefficient (Wildman–Crippen LogP) is 5.09. The van der Waals surface area contributed by atoms with E-state index in [0.717, 1.165) is 17.6 Å². The largest absolute Gasteiger partial charge is 0.356 e. The fourth-order valence-electron chi connectivity index (χ4n) is 3.94. The van der Waals surface area contributed by atoms with Crippen LogP contribution in [0.3, 0.4) is 0 Å². The van der Waals surface area contributed by atoms with Crippen LogP contribution in [0.2, 0.25) is 0 Å². The molecule has 0 aliphatic carbocycles. The Kier molecular flexibility index (Phi) is 4.15. The van der Waals surface area contributed by atoms with Gasteiger partial charge in [0.2, 0.25) is 0 Å². The number of halogens is 1. The maximum atomic E-state index is 13.9. The van der Waals surface area contributed by atoms with E-state index in [1.807, 2.05) is 17.0 Å². The Bertz CT molecular complexity index is 963. The number of hydrogen-bond acceptors (Lipinski definition) is 1. The molecule has 0 spiro atoms. The molecule has 1 unspecified atom stereocenters. The molecule has 0 bridgehead atoms.